The molecule has 0 N–H and O–H groups in total. The van der Waals surface area contributed by atoms with Crippen molar-refractivity contribution in [3.8, 4) is 11.5 Å². The van der Waals surface area contributed by atoms with E-state index in [1.165, 1.54) is 0 Å². The number of amides is 1. The number of carbonyl (C=O) groups is 2. The maximum Gasteiger partial charge on any atom is 0.309 e. The third-order valence-electron chi connectivity index (χ3n) is 6.64. The molecule has 2 aromatic carbocycles. The zero-order chi connectivity index (χ0) is 24.8. The molecule has 1 saturated heterocycles. The van der Waals surface area contributed by atoms with Crippen LogP contribution in [0.1, 0.15) is 43.4 Å². The molecule has 0 aliphatic carbocycles. The number of hydrogen-bond donors (Lipinski definition) is 0. The third-order valence-corrected chi connectivity index (χ3v) is 6.64. The number of rotatable bonds is 8. The van der Waals surface area contributed by atoms with E-state index < -0.39 is 0 Å². The standard InChI is InChI=1S/C27H33N3O5/c1-4-35-27(32)20-12-14-29(15-13-20)18-26(31)30-24(17-23(28-30)19-8-6-5-7-9-19)22-16-21(33-2)10-11-25(22)34-3/h5-11,16,20,24H,4,12-15,17-18H2,1-3H3/t24-/m0/s1. The van der Waals surface area contributed by atoms with Crippen LogP contribution in [-0.2, 0) is 14.3 Å². The van der Waals surface area contributed by atoms with Crippen LogP contribution in [0.15, 0.2) is 53.6 Å². The second-order valence-corrected chi connectivity index (χ2v) is 8.78. The lowest BCUT2D eigenvalue weighted by Gasteiger charge is -2.32. The molecular formula is C27H33N3O5. The van der Waals surface area contributed by atoms with Gasteiger partial charge in [-0.1, -0.05) is 30.3 Å². The van der Waals surface area contributed by atoms with Gasteiger partial charge in [-0.3, -0.25) is 14.5 Å². The van der Waals surface area contributed by atoms with E-state index in [9.17, 15) is 9.59 Å². The summed E-state index contributed by atoms with van der Waals surface area (Å²) >= 11 is 0. The van der Waals surface area contributed by atoms with Crippen LogP contribution >= 0.6 is 0 Å². The van der Waals surface area contributed by atoms with Crippen LogP contribution in [0, 0.1) is 5.92 Å². The first-order chi connectivity index (χ1) is 17.0. The zero-order valence-electron chi connectivity index (χ0n) is 20.6. The highest BCUT2D eigenvalue weighted by Crippen LogP contribution is 2.39. The van der Waals surface area contributed by atoms with Gasteiger partial charge in [-0.15, -0.1) is 0 Å². The Labute approximate surface area is 206 Å². The van der Waals surface area contributed by atoms with Gasteiger partial charge in [0.15, 0.2) is 0 Å². The number of esters is 1. The molecule has 186 valence electrons. The van der Waals surface area contributed by atoms with Crippen LogP contribution in [0.3, 0.4) is 0 Å². The Morgan fingerprint density at radius 3 is 2.43 bits per heavy atom. The van der Waals surface area contributed by atoms with Gasteiger partial charge < -0.3 is 14.2 Å². The monoisotopic (exact) mass is 479 g/mol. The fourth-order valence-electron chi connectivity index (χ4n) is 4.74. The summed E-state index contributed by atoms with van der Waals surface area (Å²) in [4.78, 5) is 27.7. The molecular weight excluding hydrogens is 446 g/mol. The average molecular weight is 480 g/mol. The van der Waals surface area contributed by atoms with Gasteiger partial charge in [0.1, 0.15) is 11.5 Å². The van der Waals surface area contributed by atoms with Crippen molar-refractivity contribution < 1.29 is 23.8 Å². The van der Waals surface area contributed by atoms with Crippen molar-refractivity contribution >= 4 is 17.6 Å². The molecule has 2 aromatic rings. The molecule has 0 spiro atoms. The minimum absolute atomic E-state index is 0.0830. The Kier molecular flexibility index (Phi) is 8.02. The molecule has 0 saturated carbocycles. The van der Waals surface area contributed by atoms with Gasteiger partial charge in [-0.25, -0.2) is 5.01 Å². The highest BCUT2D eigenvalue weighted by Gasteiger charge is 2.36. The smallest absolute Gasteiger partial charge is 0.309 e. The average Bonchev–Trinajstić information content (AvgIpc) is 3.35. The summed E-state index contributed by atoms with van der Waals surface area (Å²) in [7, 11) is 3.24. The fourth-order valence-corrected chi connectivity index (χ4v) is 4.74. The minimum atomic E-state index is -0.306. The number of piperidine rings is 1. The maximum atomic E-state index is 13.6. The van der Waals surface area contributed by atoms with Gasteiger partial charge in [-0.2, -0.15) is 5.10 Å². The molecule has 8 heteroatoms. The Hall–Kier alpha value is -3.39. The summed E-state index contributed by atoms with van der Waals surface area (Å²) < 4.78 is 16.2. The van der Waals surface area contributed by atoms with Crippen LogP contribution in [0.5, 0.6) is 11.5 Å². The van der Waals surface area contributed by atoms with Crippen molar-refractivity contribution in [3.05, 3.63) is 59.7 Å². The van der Waals surface area contributed by atoms with E-state index >= 15 is 0 Å². The predicted octanol–water partition coefficient (Wildman–Crippen LogP) is 3.66. The number of benzene rings is 2. The van der Waals surface area contributed by atoms with Crippen molar-refractivity contribution in [3.63, 3.8) is 0 Å². The number of hydrogen-bond acceptors (Lipinski definition) is 7. The van der Waals surface area contributed by atoms with Crippen molar-refractivity contribution in [2.45, 2.75) is 32.2 Å². The molecule has 1 amide bonds. The van der Waals surface area contributed by atoms with Gasteiger partial charge in [0.05, 0.1) is 45.0 Å². The van der Waals surface area contributed by atoms with E-state index in [1.54, 1.807) is 19.2 Å². The largest absolute Gasteiger partial charge is 0.497 e. The molecule has 0 radical (unpaired) electrons. The molecule has 0 aromatic heterocycles. The van der Waals surface area contributed by atoms with Gasteiger partial charge in [0, 0.05) is 12.0 Å². The van der Waals surface area contributed by atoms with Gasteiger partial charge in [0.25, 0.3) is 5.91 Å². The topological polar surface area (TPSA) is 80.7 Å². The van der Waals surface area contributed by atoms with E-state index in [0.717, 1.165) is 16.8 Å². The molecule has 2 heterocycles. The number of likely N-dealkylation sites (tertiary alicyclic amines) is 1. The molecule has 35 heavy (non-hydrogen) atoms. The van der Waals surface area contributed by atoms with E-state index in [1.807, 2.05) is 55.5 Å². The molecule has 0 unspecified atom stereocenters. The summed E-state index contributed by atoms with van der Waals surface area (Å²) in [6.45, 7) is 3.80. The Balaban J connectivity index is 1.54. The lowest BCUT2D eigenvalue weighted by atomic mass is 9.96. The van der Waals surface area contributed by atoms with Crippen molar-refractivity contribution in [1.82, 2.24) is 9.91 Å². The molecule has 2 aliphatic heterocycles. The van der Waals surface area contributed by atoms with Crippen LogP contribution in [0.25, 0.3) is 0 Å². The van der Waals surface area contributed by atoms with E-state index in [4.69, 9.17) is 19.3 Å². The molecule has 2 aliphatic rings. The van der Waals surface area contributed by atoms with Crippen LogP contribution in [0.4, 0.5) is 0 Å². The Bertz CT molecular complexity index is 1060. The molecule has 0 bridgehead atoms. The van der Waals surface area contributed by atoms with E-state index in [-0.39, 0.29) is 30.4 Å². The summed E-state index contributed by atoms with van der Waals surface area (Å²) in [5.41, 5.74) is 2.70. The lowest BCUT2D eigenvalue weighted by molar-refractivity contribution is -0.149. The van der Waals surface area contributed by atoms with Gasteiger partial charge in [-0.05, 0) is 56.6 Å². The first-order valence-corrected chi connectivity index (χ1v) is 12.1. The first-order valence-electron chi connectivity index (χ1n) is 12.1. The highest BCUT2D eigenvalue weighted by molar-refractivity contribution is 6.03. The molecule has 8 nitrogen and oxygen atoms in total. The Morgan fingerprint density at radius 1 is 1.03 bits per heavy atom. The lowest BCUT2D eigenvalue weighted by Crippen LogP contribution is -2.43. The van der Waals surface area contributed by atoms with Crippen molar-refractivity contribution in [2.24, 2.45) is 11.0 Å². The van der Waals surface area contributed by atoms with Crippen molar-refractivity contribution in [1.29, 1.82) is 0 Å². The third kappa shape index (κ3) is 5.65. The van der Waals surface area contributed by atoms with Crippen LogP contribution < -0.4 is 9.47 Å². The summed E-state index contributed by atoms with van der Waals surface area (Å²) in [5.74, 6) is 1.07. The zero-order valence-corrected chi connectivity index (χ0v) is 20.6. The van der Waals surface area contributed by atoms with Gasteiger partial charge in [0.2, 0.25) is 0 Å². The van der Waals surface area contributed by atoms with Crippen LogP contribution in [0.2, 0.25) is 0 Å². The minimum Gasteiger partial charge on any atom is -0.497 e. The number of carbonyl (C=O) groups excluding carboxylic acids is 2. The summed E-state index contributed by atoms with van der Waals surface area (Å²) in [6, 6.07) is 15.2. The number of ether oxygens (including phenoxy) is 3. The first kappa shape index (κ1) is 24.7. The van der Waals surface area contributed by atoms with Crippen LogP contribution in [-0.4, -0.2) is 68.0 Å². The number of nitrogens with zero attached hydrogens (tertiary/aromatic N) is 3. The SMILES string of the molecule is CCOC(=O)C1CCN(CC(=O)N2N=C(c3ccccc3)C[C@H]2c2cc(OC)ccc2OC)CC1. The number of methoxy groups -OCH3 is 2. The maximum absolute atomic E-state index is 13.6. The highest BCUT2D eigenvalue weighted by atomic mass is 16.5. The molecule has 4 rings (SSSR count). The molecule has 1 fully saturated rings. The second-order valence-electron chi connectivity index (χ2n) is 8.78. The van der Waals surface area contributed by atoms with Crippen molar-refractivity contribution in [2.75, 3.05) is 40.5 Å². The van der Waals surface area contributed by atoms with E-state index in [2.05, 4.69) is 4.90 Å². The number of hydrazone groups is 1. The fraction of sp³-hybridized carbons (Fsp3) is 0.444. The summed E-state index contributed by atoms with van der Waals surface area (Å²) in [6.07, 6.45) is 1.96. The molecule has 1 atom stereocenters. The second kappa shape index (κ2) is 11.4. The van der Waals surface area contributed by atoms with E-state index in [0.29, 0.717) is 50.5 Å². The van der Waals surface area contributed by atoms with Gasteiger partial charge >= 0.3 is 5.97 Å². The summed E-state index contributed by atoms with van der Waals surface area (Å²) in [5, 5.41) is 6.38. The quantitative estimate of drug-likeness (QED) is 0.538. The normalized spacial score (nSPS) is 18.8. The Morgan fingerprint density at radius 2 is 1.77 bits per heavy atom. The predicted molar refractivity (Wildman–Crippen MR) is 133 cm³/mol.